The molecule has 120 valence electrons. The van der Waals surface area contributed by atoms with Crippen molar-refractivity contribution in [3.05, 3.63) is 55.1 Å². The van der Waals surface area contributed by atoms with Gasteiger partial charge >= 0.3 is 0 Å². The predicted molar refractivity (Wildman–Crippen MR) is 98.0 cm³/mol. The van der Waals surface area contributed by atoms with Crippen molar-refractivity contribution >= 4 is 55.0 Å². The molecule has 0 aliphatic carbocycles. The van der Waals surface area contributed by atoms with Gasteiger partial charge in [-0.05, 0) is 50.1 Å². The number of thiophene rings is 1. The lowest BCUT2D eigenvalue weighted by Gasteiger charge is -2.34. The molecule has 0 N–H and O–H groups in total. The molecule has 7 heteroatoms. The largest absolute Gasteiger partial charge is 0.335 e. The highest BCUT2D eigenvalue weighted by atomic mass is 79.9. The van der Waals surface area contributed by atoms with E-state index in [2.05, 4.69) is 31.9 Å². The van der Waals surface area contributed by atoms with Crippen LogP contribution in [0.25, 0.3) is 0 Å². The van der Waals surface area contributed by atoms with Gasteiger partial charge in [-0.15, -0.1) is 11.3 Å². The Morgan fingerprint density at radius 3 is 2.00 bits per heavy atom. The van der Waals surface area contributed by atoms with Gasteiger partial charge < -0.3 is 9.80 Å². The molecular formula is C16H14Br2N2O2S. The van der Waals surface area contributed by atoms with Crippen molar-refractivity contribution in [1.82, 2.24) is 9.80 Å². The molecule has 3 rings (SSSR count). The number of rotatable bonds is 2. The first-order valence-electron chi connectivity index (χ1n) is 7.14. The van der Waals surface area contributed by atoms with E-state index in [0.717, 1.165) is 8.26 Å². The van der Waals surface area contributed by atoms with Gasteiger partial charge in [-0.3, -0.25) is 9.59 Å². The molecular weight excluding hydrogens is 444 g/mol. The highest BCUT2D eigenvalue weighted by molar-refractivity contribution is 9.11. The van der Waals surface area contributed by atoms with Gasteiger partial charge in [-0.1, -0.05) is 18.2 Å². The molecule has 23 heavy (non-hydrogen) atoms. The maximum atomic E-state index is 12.6. The van der Waals surface area contributed by atoms with Gasteiger partial charge in [0.25, 0.3) is 11.8 Å². The summed E-state index contributed by atoms with van der Waals surface area (Å²) >= 11 is 8.23. The first-order chi connectivity index (χ1) is 11.1. The minimum absolute atomic E-state index is 0.0133. The van der Waals surface area contributed by atoms with Gasteiger partial charge in [0.05, 0.1) is 3.79 Å². The highest BCUT2D eigenvalue weighted by Crippen LogP contribution is 2.32. The van der Waals surface area contributed by atoms with E-state index in [9.17, 15) is 9.59 Å². The van der Waals surface area contributed by atoms with Crippen LogP contribution in [0.3, 0.4) is 0 Å². The summed E-state index contributed by atoms with van der Waals surface area (Å²) in [5.41, 5.74) is 0.692. The van der Waals surface area contributed by atoms with Crippen LogP contribution in [-0.4, -0.2) is 47.8 Å². The highest BCUT2D eigenvalue weighted by Gasteiger charge is 2.27. The van der Waals surface area contributed by atoms with Crippen molar-refractivity contribution in [3.8, 4) is 0 Å². The van der Waals surface area contributed by atoms with Crippen LogP contribution in [0.2, 0.25) is 0 Å². The van der Waals surface area contributed by atoms with Crippen molar-refractivity contribution < 1.29 is 9.59 Å². The fraction of sp³-hybridized carbons (Fsp3) is 0.250. The Morgan fingerprint density at radius 2 is 1.48 bits per heavy atom. The van der Waals surface area contributed by atoms with E-state index in [1.807, 2.05) is 36.4 Å². The number of carbonyl (C=O) groups is 2. The van der Waals surface area contributed by atoms with E-state index >= 15 is 0 Å². The molecule has 2 heterocycles. The number of hydrogen-bond donors (Lipinski definition) is 0. The molecule has 0 radical (unpaired) electrons. The van der Waals surface area contributed by atoms with Gasteiger partial charge in [0.2, 0.25) is 0 Å². The molecule has 4 nitrogen and oxygen atoms in total. The smallest absolute Gasteiger partial charge is 0.265 e. The number of piperazine rings is 1. The van der Waals surface area contributed by atoms with Gasteiger partial charge in [-0.2, -0.15) is 0 Å². The number of carbonyl (C=O) groups excluding carboxylic acids is 2. The second-order valence-corrected chi connectivity index (χ2v) is 8.46. The number of halogens is 2. The maximum Gasteiger partial charge on any atom is 0.265 e. The van der Waals surface area contributed by atoms with Crippen LogP contribution in [0.4, 0.5) is 0 Å². The van der Waals surface area contributed by atoms with Crippen LogP contribution >= 0.6 is 43.2 Å². The van der Waals surface area contributed by atoms with Gasteiger partial charge in [0.15, 0.2) is 0 Å². The fourth-order valence-corrected chi connectivity index (χ4v) is 5.07. The van der Waals surface area contributed by atoms with Crippen LogP contribution in [0.5, 0.6) is 0 Å². The summed E-state index contributed by atoms with van der Waals surface area (Å²) in [4.78, 5) is 29.3. The summed E-state index contributed by atoms with van der Waals surface area (Å²) in [6.07, 6.45) is 0. The summed E-state index contributed by atoms with van der Waals surface area (Å²) in [6, 6.07) is 11.1. The van der Waals surface area contributed by atoms with E-state index in [-0.39, 0.29) is 11.8 Å². The molecule has 1 aromatic carbocycles. The average Bonchev–Trinajstić information content (AvgIpc) is 2.93. The molecule has 0 atom stereocenters. The third-order valence-electron chi connectivity index (χ3n) is 3.73. The molecule has 1 aromatic heterocycles. The number of nitrogens with zero attached hydrogens (tertiary/aromatic N) is 2. The lowest BCUT2D eigenvalue weighted by Crippen LogP contribution is -2.50. The molecule has 1 aliphatic rings. The predicted octanol–water partition coefficient (Wildman–Crippen LogP) is 3.87. The van der Waals surface area contributed by atoms with Gasteiger partial charge in [-0.25, -0.2) is 0 Å². The molecule has 0 saturated carbocycles. The minimum atomic E-state index is 0.0133. The van der Waals surface area contributed by atoms with Crippen molar-refractivity contribution in [2.45, 2.75) is 0 Å². The third-order valence-corrected chi connectivity index (χ3v) is 6.24. The number of amides is 2. The SMILES string of the molecule is O=C(c1ccccc1)N1CCN(C(=O)c2sc(Br)cc2Br)CC1. The lowest BCUT2D eigenvalue weighted by atomic mass is 10.2. The quantitative estimate of drug-likeness (QED) is 0.686. The van der Waals surface area contributed by atoms with Crippen LogP contribution in [-0.2, 0) is 0 Å². The zero-order valence-electron chi connectivity index (χ0n) is 12.2. The summed E-state index contributed by atoms with van der Waals surface area (Å²) in [5.74, 6) is 0.0390. The minimum Gasteiger partial charge on any atom is -0.335 e. The molecule has 0 unspecified atom stereocenters. The van der Waals surface area contributed by atoms with Gasteiger partial charge in [0.1, 0.15) is 4.88 Å². The molecule has 0 bridgehead atoms. The molecule has 1 aliphatic heterocycles. The first-order valence-corrected chi connectivity index (χ1v) is 9.55. The molecule has 2 amide bonds. The van der Waals surface area contributed by atoms with Gasteiger partial charge in [0, 0.05) is 36.2 Å². The Hall–Kier alpha value is -1.18. The Morgan fingerprint density at radius 1 is 0.913 bits per heavy atom. The topological polar surface area (TPSA) is 40.6 Å². The van der Waals surface area contributed by atoms with Crippen LogP contribution in [0.1, 0.15) is 20.0 Å². The van der Waals surface area contributed by atoms with E-state index in [0.29, 0.717) is 36.6 Å². The van der Waals surface area contributed by atoms with E-state index in [1.54, 1.807) is 9.80 Å². The summed E-state index contributed by atoms with van der Waals surface area (Å²) in [6.45, 7) is 2.23. The Balaban J connectivity index is 1.63. The summed E-state index contributed by atoms with van der Waals surface area (Å²) in [7, 11) is 0. The van der Waals surface area contributed by atoms with E-state index < -0.39 is 0 Å². The summed E-state index contributed by atoms with van der Waals surface area (Å²) in [5, 5.41) is 0. The zero-order chi connectivity index (χ0) is 16.4. The molecule has 2 aromatic rings. The van der Waals surface area contributed by atoms with E-state index in [1.165, 1.54) is 11.3 Å². The average molecular weight is 458 g/mol. The third kappa shape index (κ3) is 3.67. The van der Waals surface area contributed by atoms with Crippen molar-refractivity contribution in [1.29, 1.82) is 0 Å². The van der Waals surface area contributed by atoms with Crippen molar-refractivity contribution in [2.75, 3.05) is 26.2 Å². The second kappa shape index (κ2) is 7.15. The fourth-order valence-electron chi connectivity index (χ4n) is 2.51. The standard InChI is InChI=1S/C16H14Br2N2O2S/c17-12-10-13(18)23-14(12)16(22)20-8-6-19(7-9-20)15(21)11-4-2-1-3-5-11/h1-5,10H,6-9H2. The molecule has 1 fully saturated rings. The number of hydrogen-bond acceptors (Lipinski definition) is 3. The zero-order valence-corrected chi connectivity index (χ0v) is 16.2. The summed E-state index contributed by atoms with van der Waals surface area (Å²) < 4.78 is 1.73. The van der Waals surface area contributed by atoms with Crippen LogP contribution in [0.15, 0.2) is 44.7 Å². The monoisotopic (exact) mass is 456 g/mol. The van der Waals surface area contributed by atoms with E-state index in [4.69, 9.17) is 0 Å². The Kier molecular flexibility index (Phi) is 5.18. The first kappa shape index (κ1) is 16.7. The Bertz CT molecular complexity index is 725. The van der Waals surface area contributed by atoms with Crippen molar-refractivity contribution in [2.24, 2.45) is 0 Å². The Labute approximate surface area is 155 Å². The molecule has 0 spiro atoms. The van der Waals surface area contributed by atoms with Crippen LogP contribution < -0.4 is 0 Å². The number of benzene rings is 1. The second-order valence-electron chi connectivity index (χ2n) is 5.18. The maximum absolute atomic E-state index is 12.6. The lowest BCUT2D eigenvalue weighted by molar-refractivity contribution is 0.0537. The normalized spacial score (nSPS) is 14.9. The molecule has 1 saturated heterocycles. The van der Waals surface area contributed by atoms with Crippen molar-refractivity contribution in [3.63, 3.8) is 0 Å². The van der Waals surface area contributed by atoms with Crippen LogP contribution in [0, 0.1) is 0 Å².